The summed E-state index contributed by atoms with van der Waals surface area (Å²) in [6.07, 6.45) is 0. The molecule has 0 bridgehead atoms. The van der Waals surface area contributed by atoms with Crippen molar-refractivity contribution in [2.45, 2.75) is 19.8 Å². The van der Waals surface area contributed by atoms with E-state index < -0.39 is 11.6 Å². The molecule has 12 heavy (non-hydrogen) atoms. The van der Waals surface area contributed by atoms with E-state index in [-0.39, 0.29) is 11.5 Å². The van der Waals surface area contributed by atoms with E-state index in [2.05, 4.69) is 15.9 Å². The van der Waals surface area contributed by atoms with Gasteiger partial charge in [0.25, 0.3) is 0 Å². The fraction of sp³-hybridized carbons (Fsp3) is 0.333. The average Bonchev–Trinajstić information content (AvgIpc) is 1.97. The van der Waals surface area contributed by atoms with Gasteiger partial charge >= 0.3 is 0 Å². The molecule has 0 fully saturated rings. The lowest BCUT2D eigenvalue weighted by atomic mass is 10.0. The molecule has 0 nitrogen and oxygen atoms in total. The summed E-state index contributed by atoms with van der Waals surface area (Å²) in [4.78, 5) is 0. The van der Waals surface area contributed by atoms with Crippen LogP contribution in [0, 0.1) is 11.6 Å². The van der Waals surface area contributed by atoms with Gasteiger partial charge in [-0.1, -0.05) is 13.8 Å². The fourth-order valence-electron chi connectivity index (χ4n) is 1.07. The molecular formula is C9H9BrF2. The van der Waals surface area contributed by atoms with Crippen LogP contribution in [-0.4, -0.2) is 0 Å². The Labute approximate surface area is 78.7 Å². The molecule has 0 amide bonds. The van der Waals surface area contributed by atoms with Crippen molar-refractivity contribution >= 4 is 15.9 Å². The largest absolute Gasteiger partial charge is 0.207 e. The van der Waals surface area contributed by atoms with Crippen molar-refractivity contribution in [3.63, 3.8) is 0 Å². The Morgan fingerprint density at radius 2 is 1.83 bits per heavy atom. The minimum absolute atomic E-state index is 0.137. The van der Waals surface area contributed by atoms with Crippen LogP contribution in [-0.2, 0) is 0 Å². The Balaban J connectivity index is 3.33. The quantitative estimate of drug-likeness (QED) is 0.648. The Morgan fingerprint density at radius 3 is 2.25 bits per heavy atom. The van der Waals surface area contributed by atoms with E-state index in [1.807, 2.05) is 0 Å². The van der Waals surface area contributed by atoms with Crippen molar-refractivity contribution in [3.05, 3.63) is 33.8 Å². The van der Waals surface area contributed by atoms with Crippen molar-refractivity contribution in [1.82, 2.24) is 0 Å². The van der Waals surface area contributed by atoms with Gasteiger partial charge in [-0.05, 0) is 34.0 Å². The Hall–Kier alpha value is -0.440. The third-order valence-corrected chi connectivity index (χ3v) is 2.27. The molecule has 0 saturated carbocycles. The lowest BCUT2D eigenvalue weighted by molar-refractivity contribution is 0.538. The zero-order valence-corrected chi connectivity index (χ0v) is 8.45. The molecule has 3 heteroatoms. The highest BCUT2D eigenvalue weighted by Gasteiger charge is 2.14. The molecule has 1 rings (SSSR count). The van der Waals surface area contributed by atoms with Crippen molar-refractivity contribution < 1.29 is 8.78 Å². The summed E-state index contributed by atoms with van der Waals surface area (Å²) in [6.45, 7) is 3.52. The number of rotatable bonds is 1. The van der Waals surface area contributed by atoms with Crippen molar-refractivity contribution in [1.29, 1.82) is 0 Å². The average molecular weight is 235 g/mol. The number of benzene rings is 1. The van der Waals surface area contributed by atoms with E-state index in [1.165, 1.54) is 12.1 Å². The van der Waals surface area contributed by atoms with Gasteiger partial charge in [0.2, 0.25) is 0 Å². The maximum absolute atomic E-state index is 13.2. The van der Waals surface area contributed by atoms with Crippen LogP contribution in [0.4, 0.5) is 8.78 Å². The van der Waals surface area contributed by atoms with Gasteiger partial charge < -0.3 is 0 Å². The zero-order chi connectivity index (χ0) is 9.30. The first kappa shape index (κ1) is 9.65. The molecule has 0 heterocycles. The molecule has 1 aromatic rings. The summed E-state index contributed by atoms with van der Waals surface area (Å²) < 4.78 is 26.6. The highest BCUT2D eigenvalue weighted by atomic mass is 79.9. The molecule has 66 valence electrons. The van der Waals surface area contributed by atoms with E-state index >= 15 is 0 Å². The van der Waals surface area contributed by atoms with Gasteiger partial charge in [0.05, 0.1) is 4.47 Å². The van der Waals surface area contributed by atoms with Gasteiger partial charge in [-0.2, -0.15) is 0 Å². The van der Waals surface area contributed by atoms with E-state index in [4.69, 9.17) is 0 Å². The minimum Gasteiger partial charge on any atom is -0.207 e. The first-order valence-electron chi connectivity index (χ1n) is 3.67. The summed E-state index contributed by atoms with van der Waals surface area (Å²) in [5.41, 5.74) is 0.143. The van der Waals surface area contributed by atoms with Crippen molar-refractivity contribution in [2.75, 3.05) is 0 Å². The molecule has 0 radical (unpaired) electrons. The lowest BCUT2D eigenvalue weighted by Crippen LogP contribution is -1.98. The van der Waals surface area contributed by atoms with Gasteiger partial charge in [-0.3, -0.25) is 0 Å². The van der Waals surface area contributed by atoms with E-state index in [9.17, 15) is 8.78 Å². The van der Waals surface area contributed by atoms with E-state index in [0.717, 1.165) is 0 Å². The highest BCUT2D eigenvalue weighted by Crippen LogP contribution is 2.27. The molecule has 0 aliphatic carbocycles. The van der Waals surface area contributed by atoms with Crippen LogP contribution in [0.2, 0.25) is 0 Å². The molecule has 0 spiro atoms. The van der Waals surface area contributed by atoms with E-state index in [1.54, 1.807) is 13.8 Å². The van der Waals surface area contributed by atoms with Gasteiger partial charge in [0.1, 0.15) is 11.6 Å². The smallest absolute Gasteiger partial charge is 0.143 e. The predicted molar refractivity (Wildman–Crippen MR) is 48.1 cm³/mol. The summed E-state index contributed by atoms with van der Waals surface area (Å²) in [5.74, 6) is -1.11. The van der Waals surface area contributed by atoms with Crippen LogP contribution < -0.4 is 0 Å². The molecule has 0 unspecified atom stereocenters. The zero-order valence-electron chi connectivity index (χ0n) is 6.87. The standard InChI is InChI=1S/C9H9BrF2/c1-5(2)8-7(11)4-3-6(10)9(8)12/h3-5H,1-2H3. The maximum Gasteiger partial charge on any atom is 0.143 e. The SMILES string of the molecule is CC(C)c1c(F)ccc(Br)c1F. The van der Waals surface area contributed by atoms with Crippen LogP contribution in [0.15, 0.2) is 16.6 Å². The van der Waals surface area contributed by atoms with Crippen LogP contribution in [0.1, 0.15) is 25.3 Å². The van der Waals surface area contributed by atoms with Crippen LogP contribution in [0.25, 0.3) is 0 Å². The van der Waals surface area contributed by atoms with Gasteiger partial charge in [-0.25, -0.2) is 8.78 Å². The second kappa shape index (κ2) is 3.52. The second-order valence-corrected chi connectivity index (χ2v) is 3.77. The third-order valence-electron chi connectivity index (χ3n) is 1.66. The van der Waals surface area contributed by atoms with Gasteiger partial charge in [0, 0.05) is 5.56 Å². The second-order valence-electron chi connectivity index (χ2n) is 2.91. The van der Waals surface area contributed by atoms with Crippen LogP contribution in [0.5, 0.6) is 0 Å². The fourth-order valence-corrected chi connectivity index (χ4v) is 1.42. The van der Waals surface area contributed by atoms with Crippen molar-refractivity contribution in [2.24, 2.45) is 0 Å². The Kier molecular flexibility index (Phi) is 2.83. The predicted octanol–water partition coefficient (Wildman–Crippen LogP) is 3.85. The van der Waals surface area contributed by atoms with Crippen LogP contribution >= 0.6 is 15.9 Å². The summed E-state index contributed by atoms with van der Waals surface area (Å²) in [7, 11) is 0. The number of hydrogen-bond donors (Lipinski definition) is 0. The van der Waals surface area contributed by atoms with Crippen LogP contribution in [0.3, 0.4) is 0 Å². The molecule has 1 aromatic carbocycles. The summed E-state index contributed by atoms with van der Waals surface area (Å²) in [6, 6.07) is 2.64. The molecule has 0 N–H and O–H groups in total. The number of hydrogen-bond acceptors (Lipinski definition) is 0. The molecule has 0 aromatic heterocycles. The topological polar surface area (TPSA) is 0 Å². The molecular weight excluding hydrogens is 226 g/mol. The molecule has 0 aliphatic rings. The summed E-state index contributed by atoms with van der Waals surface area (Å²) >= 11 is 3.01. The molecule has 0 saturated heterocycles. The molecule has 0 aliphatic heterocycles. The van der Waals surface area contributed by atoms with Crippen molar-refractivity contribution in [3.8, 4) is 0 Å². The highest BCUT2D eigenvalue weighted by molar-refractivity contribution is 9.10. The molecule has 0 atom stereocenters. The van der Waals surface area contributed by atoms with Gasteiger partial charge in [-0.15, -0.1) is 0 Å². The third kappa shape index (κ3) is 1.66. The Bertz CT molecular complexity index is 295. The lowest BCUT2D eigenvalue weighted by Gasteiger charge is -2.08. The Morgan fingerprint density at radius 1 is 1.25 bits per heavy atom. The first-order chi connectivity index (χ1) is 5.54. The normalized spacial score (nSPS) is 10.8. The summed E-state index contributed by atoms with van der Waals surface area (Å²) in [5, 5.41) is 0. The maximum atomic E-state index is 13.2. The van der Waals surface area contributed by atoms with E-state index in [0.29, 0.717) is 4.47 Å². The monoisotopic (exact) mass is 234 g/mol. The minimum atomic E-state index is -0.495. The van der Waals surface area contributed by atoms with Gasteiger partial charge in [0.15, 0.2) is 0 Å². The number of halogens is 3. The first-order valence-corrected chi connectivity index (χ1v) is 4.46.